The Balaban J connectivity index is 2.22. The Morgan fingerprint density at radius 2 is 1.90 bits per heavy atom. The van der Waals surface area contributed by atoms with Crippen LogP contribution in [0.2, 0.25) is 0 Å². The van der Waals surface area contributed by atoms with Gasteiger partial charge in [-0.25, -0.2) is 4.79 Å². The molecule has 0 aliphatic rings. The Bertz CT molecular complexity index is 751. The summed E-state index contributed by atoms with van der Waals surface area (Å²) in [4.78, 5) is 11.5. The van der Waals surface area contributed by atoms with Gasteiger partial charge in [-0.3, -0.25) is 4.21 Å². The highest BCUT2D eigenvalue weighted by atomic mass is 79.9. The summed E-state index contributed by atoms with van der Waals surface area (Å²) in [5, 5.41) is 17.8. The summed E-state index contributed by atoms with van der Waals surface area (Å²) in [7, 11) is -1.35. The molecule has 106 valence electrons. The van der Waals surface area contributed by atoms with Gasteiger partial charge in [0.2, 0.25) is 0 Å². The molecule has 0 bridgehead atoms. The van der Waals surface area contributed by atoms with Gasteiger partial charge in [-0.2, -0.15) is 5.26 Å². The normalized spacial score (nSPS) is 11.6. The highest BCUT2D eigenvalue weighted by Crippen LogP contribution is 2.21. The summed E-state index contributed by atoms with van der Waals surface area (Å²) in [6, 6.07) is 13.5. The van der Waals surface area contributed by atoms with Crippen LogP contribution in [0.5, 0.6) is 0 Å². The molecule has 21 heavy (non-hydrogen) atoms. The molecular formula is C15H10BrNO3S. The number of benzene rings is 2. The van der Waals surface area contributed by atoms with E-state index in [4.69, 9.17) is 10.4 Å². The van der Waals surface area contributed by atoms with Crippen molar-refractivity contribution in [2.45, 2.75) is 10.6 Å². The average molecular weight is 364 g/mol. The molecule has 6 heteroatoms. The lowest BCUT2D eigenvalue weighted by Crippen LogP contribution is -2.02. The molecule has 1 unspecified atom stereocenters. The predicted octanol–water partition coefficient (Wildman–Crippen LogP) is 3.33. The summed E-state index contributed by atoms with van der Waals surface area (Å²) >= 11 is 3.15. The fourth-order valence-electron chi connectivity index (χ4n) is 1.72. The standard InChI is InChI=1S/C15H10BrNO3S/c16-14-6-5-12(7-13(14)15(18)19)21(20)9-11-3-1-10(8-17)2-4-11/h1-7H,9H2,(H,18,19). The number of hydrogen-bond acceptors (Lipinski definition) is 3. The Morgan fingerprint density at radius 1 is 1.24 bits per heavy atom. The fraction of sp³-hybridized carbons (Fsp3) is 0.0667. The molecule has 2 aromatic rings. The van der Waals surface area contributed by atoms with Gasteiger partial charge >= 0.3 is 5.97 Å². The van der Waals surface area contributed by atoms with Gasteiger partial charge in [0.05, 0.1) is 33.7 Å². The Kier molecular flexibility index (Phi) is 4.89. The molecule has 0 spiro atoms. The largest absolute Gasteiger partial charge is 0.478 e. The van der Waals surface area contributed by atoms with E-state index in [1.54, 1.807) is 36.4 Å². The number of hydrogen-bond donors (Lipinski definition) is 1. The number of carbonyl (C=O) groups is 1. The second-order valence-electron chi connectivity index (χ2n) is 4.25. The van der Waals surface area contributed by atoms with E-state index >= 15 is 0 Å². The smallest absolute Gasteiger partial charge is 0.336 e. The van der Waals surface area contributed by atoms with Crippen LogP contribution >= 0.6 is 15.9 Å². The van der Waals surface area contributed by atoms with Crippen molar-refractivity contribution in [1.29, 1.82) is 5.26 Å². The zero-order chi connectivity index (χ0) is 15.4. The molecule has 0 amide bonds. The van der Waals surface area contributed by atoms with Crippen LogP contribution in [0, 0.1) is 11.3 Å². The highest BCUT2D eigenvalue weighted by molar-refractivity contribution is 9.10. The minimum Gasteiger partial charge on any atom is -0.478 e. The van der Waals surface area contributed by atoms with Crippen molar-refractivity contribution in [3.8, 4) is 6.07 Å². The van der Waals surface area contributed by atoms with Gasteiger partial charge in [-0.15, -0.1) is 0 Å². The quantitative estimate of drug-likeness (QED) is 0.903. The number of aromatic carboxylic acids is 1. The number of nitrogens with zero attached hydrogens (tertiary/aromatic N) is 1. The fourth-order valence-corrected chi connectivity index (χ4v) is 3.27. The third kappa shape index (κ3) is 3.78. The van der Waals surface area contributed by atoms with E-state index in [1.165, 1.54) is 6.07 Å². The van der Waals surface area contributed by atoms with E-state index < -0.39 is 16.8 Å². The molecule has 0 saturated carbocycles. The lowest BCUT2D eigenvalue weighted by Gasteiger charge is -2.05. The molecule has 0 heterocycles. The maximum absolute atomic E-state index is 12.3. The van der Waals surface area contributed by atoms with E-state index in [9.17, 15) is 9.00 Å². The number of carboxylic acid groups (broad SMARTS) is 1. The van der Waals surface area contributed by atoms with E-state index in [-0.39, 0.29) is 11.3 Å². The van der Waals surface area contributed by atoms with Gasteiger partial charge in [0, 0.05) is 9.37 Å². The number of carboxylic acids is 1. The summed E-state index contributed by atoms with van der Waals surface area (Å²) in [5.74, 6) is -0.800. The zero-order valence-electron chi connectivity index (χ0n) is 10.7. The monoisotopic (exact) mass is 363 g/mol. The average Bonchev–Trinajstić information content (AvgIpc) is 2.48. The minimum absolute atomic E-state index is 0.0840. The molecule has 0 radical (unpaired) electrons. The predicted molar refractivity (Wildman–Crippen MR) is 82.4 cm³/mol. The molecule has 0 aliphatic heterocycles. The molecule has 2 rings (SSSR count). The lowest BCUT2D eigenvalue weighted by molar-refractivity contribution is 0.0695. The molecule has 0 aromatic heterocycles. The molecule has 0 aliphatic carbocycles. The summed E-state index contributed by atoms with van der Waals surface area (Å²) < 4.78 is 12.7. The van der Waals surface area contributed by atoms with Crippen LogP contribution < -0.4 is 0 Å². The summed E-state index contributed by atoms with van der Waals surface area (Å²) in [6.07, 6.45) is 0. The maximum Gasteiger partial charge on any atom is 0.336 e. The molecule has 2 aromatic carbocycles. The van der Waals surface area contributed by atoms with Gasteiger partial charge < -0.3 is 5.11 Å². The van der Waals surface area contributed by atoms with Crippen LogP contribution in [0.25, 0.3) is 0 Å². The third-order valence-corrected chi connectivity index (χ3v) is 4.88. The second-order valence-corrected chi connectivity index (χ2v) is 6.55. The van der Waals surface area contributed by atoms with Crippen molar-refractivity contribution in [2.24, 2.45) is 0 Å². The van der Waals surface area contributed by atoms with Gasteiger partial charge in [0.25, 0.3) is 0 Å². The Hall–Kier alpha value is -1.97. The molecular weight excluding hydrogens is 354 g/mol. The molecule has 1 N–H and O–H groups in total. The van der Waals surface area contributed by atoms with Crippen molar-refractivity contribution >= 4 is 32.7 Å². The third-order valence-electron chi connectivity index (χ3n) is 2.81. The maximum atomic E-state index is 12.3. The zero-order valence-corrected chi connectivity index (χ0v) is 13.1. The lowest BCUT2D eigenvalue weighted by atomic mass is 10.2. The first-order valence-electron chi connectivity index (χ1n) is 5.91. The van der Waals surface area contributed by atoms with Crippen LogP contribution in [-0.4, -0.2) is 15.3 Å². The first-order chi connectivity index (χ1) is 10.0. The van der Waals surface area contributed by atoms with Crippen molar-refractivity contribution < 1.29 is 14.1 Å². The molecule has 0 fully saturated rings. The van der Waals surface area contributed by atoms with Gasteiger partial charge in [-0.1, -0.05) is 12.1 Å². The van der Waals surface area contributed by atoms with Crippen LogP contribution in [-0.2, 0) is 16.6 Å². The van der Waals surface area contributed by atoms with E-state index in [1.807, 2.05) is 6.07 Å². The van der Waals surface area contributed by atoms with Crippen LogP contribution in [0.1, 0.15) is 21.5 Å². The molecule has 0 saturated heterocycles. The van der Waals surface area contributed by atoms with Crippen LogP contribution in [0.15, 0.2) is 51.8 Å². The van der Waals surface area contributed by atoms with Crippen molar-refractivity contribution in [1.82, 2.24) is 0 Å². The minimum atomic E-state index is -1.35. The van der Waals surface area contributed by atoms with Crippen molar-refractivity contribution in [3.63, 3.8) is 0 Å². The Morgan fingerprint density at radius 3 is 2.48 bits per heavy atom. The first-order valence-corrected chi connectivity index (χ1v) is 8.02. The van der Waals surface area contributed by atoms with Gasteiger partial charge in [0.1, 0.15) is 0 Å². The van der Waals surface area contributed by atoms with Gasteiger partial charge in [0.15, 0.2) is 0 Å². The second kappa shape index (κ2) is 6.66. The number of rotatable bonds is 4. The Labute approximate surface area is 132 Å². The summed E-state index contributed by atoms with van der Waals surface area (Å²) in [6.45, 7) is 0. The van der Waals surface area contributed by atoms with Crippen molar-refractivity contribution in [3.05, 3.63) is 63.6 Å². The van der Waals surface area contributed by atoms with E-state index in [0.717, 1.165) is 5.56 Å². The van der Waals surface area contributed by atoms with Crippen molar-refractivity contribution in [2.75, 3.05) is 0 Å². The number of halogens is 1. The highest BCUT2D eigenvalue weighted by Gasteiger charge is 2.12. The molecule has 4 nitrogen and oxygen atoms in total. The number of nitriles is 1. The van der Waals surface area contributed by atoms with E-state index in [0.29, 0.717) is 14.9 Å². The molecule has 1 atom stereocenters. The first kappa shape index (κ1) is 15.4. The van der Waals surface area contributed by atoms with Crippen LogP contribution in [0.4, 0.5) is 0 Å². The van der Waals surface area contributed by atoms with E-state index in [2.05, 4.69) is 15.9 Å². The van der Waals surface area contributed by atoms with Crippen LogP contribution in [0.3, 0.4) is 0 Å². The van der Waals surface area contributed by atoms with Gasteiger partial charge in [-0.05, 0) is 51.8 Å². The summed E-state index contributed by atoms with van der Waals surface area (Å²) in [5.41, 5.74) is 1.45. The topological polar surface area (TPSA) is 78.2 Å². The SMILES string of the molecule is N#Cc1ccc(CS(=O)c2ccc(Br)c(C(=O)O)c2)cc1.